The van der Waals surface area contributed by atoms with Crippen molar-refractivity contribution in [2.45, 2.75) is 12.5 Å². The molecule has 1 aliphatic heterocycles. The number of amides is 1. The third-order valence-electron chi connectivity index (χ3n) is 4.19. The van der Waals surface area contributed by atoms with Crippen LogP contribution >= 0.6 is 0 Å². The number of hydrogen-bond donors (Lipinski definition) is 2. The Morgan fingerprint density at radius 3 is 2.85 bits per heavy atom. The van der Waals surface area contributed by atoms with Gasteiger partial charge in [0.15, 0.2) is 6.10 Å². The predicted molar refractivity (Wildman–Crippen MR) is 94.5 cm³/mol. The molecule has 0 bridgehead atoms. The number of ether oxygens (including phenoxy) is 2. The molecule has 2 N–H and O–H groups in total. The maximum atomic E-state index is 13.0. The minimum absolute atomic E-state index is 0.227. The average Bonchev–Trinajstić information content (AvgIpc) is 3.06. The smallest absolute Gasteiger partial charge is 0.255 e. The molecule has 0 saturated carbocycles. The fourth-order valence-corrected chi connectivity index (χ4v) is 2.88. The Kier molecular flexibility index (Phi) is 4.64. The molecule has 1 aliphatic rings. The molecule has 1 amide bonds. The van der Waals surface area contributed by atoms with Crippen LogP contribution in [0.1, 0.15) is 11.4 Å². The minimum Gasteiger partial charge on any atom is -0.376 e. The van der Waals surface area contributed by atoms with Crippen LogP contribution in [0.5, 0.6) is 0 Å². The molecule has 7 heteroatoms. The van der Waals surface area contributed by atoms with Gasteiger partial charge in [-0.05, 0) is 35.9 Å². The average molecular weight is 355 g/mol. The lowest BCUT2D eigenvalue weighted by Gasteiger charge is -2.22. The van der Waals surface area contributed by atoms with Gasteiger partial charge in [-0.25, -0.2) is 9.37 Å². The van der Waals surface area contributed by atoms with Crippen LogP contribution in [0.25, 0.3) is 11.0 Å². The summed E-state index contributed by atoms with van der Waals surface area (Å²) < 4.78 is 23.6. The highest BCUT2D eigenvalue weighted by atomic mass is 19.1. The maximum Gasteiger partial charge on any atom is 0.255 e. The van der Waals surface area contributed by atoms with Crippen molar-refractivity contribution in [1.82, 2.24) is 9.97 Å². The van der Waals surface area contributed by atoms with Crippen molar-refractivity contribution in [2.75, 3.05) is 25.1 Å². The summed E-state index contributed by atoms with van der Waals surface area (Å²) in [7, 11) is 0. The van der Waals surface area contributed by atoms with Gasteiger partial charge in [-0.1, -0.05) is 12.1 Å². The molecule has 2 aromatic carbocycles. The van der Waals surface area contributed by atoms with Crippen LogP contribution in [0.3, 0.4) is 0 Å². The van der Waals surface area contributed by atoms with Crippen molar-refractivity contribution >= 4 is 22.6 Å². The highest BCUT2D eigenvalue weighted by Crippen LogP contribution is 2.19. The van der Waals surface area contributed by atoms with E-state index in [1.807, 2.05) is 12.1 Å². The van der Waals surface area contributed by atoms with Crippen molar-refractivity contribution < 1.29 is 18.7 Å². The molecule has 1 fully saturated rings. The summed E-state index contributed by atoms with van der Waals surface area (Å²) in [5, 5.41) is 2.84. The molecule has 0 spiro atoms. The van der Waals surface area contributed by atoms with E-state index in [0.717, 1.165) is 22.4 Å². The first-order valence-electron chi connectivity index (χ1n) is 8.41. The lowest BCUT2D eigenvalue weighted by Crippen LogP contribution is -2.39. The fraction of sp³-hybridized carbons (Fsp3) is 0.263. The molecule has 4 rings (SSSR count). The monoisotopic (exact) mass is 355 g/mol. The van der Waals surface area contributed by atoms with E-state index in [2.05, 4.69) is 15.3 Å². The van der Waals surface area contributed by atoms with Crippen molar-refractivity contribution in [3.05, 3.63) is 59.7 Å². The van der Waals surface area contributed by atoms with Crippen LogP contribution in [0.15, 0.2) is 42.5 Å². The number of halogens is 1. The molecule has 134 valence electrons. The molecule has 3 aromatic rings. The van der Waals surface area contributed by atoms with Crippen LogP contribution in [-0.4, -0.2) is 41.8 Å². The SMILES string of the molecule is O=C(Nc1ccc2nc(Cc3ccc(F)cc3)[nH]c2c1)C1COCCO1. The molecular weight excluding hydrogens is 337 g/mol. The quantitative estimate of drug-likeness (QED) is 0.754. The Hall–Kier alpha value is -2.77. The van der Waals surface area contributed by atoms with Gasteiger partial charge in [0.1, 0.15) is 11.6 Å². The minimum atomic E-state index is -0.588. The number of fused-ring (bicyclic) bond motifs is 1. The highest BCUT2D eigenvalue weighted by molar-refractivity contribution is 5.96. The molecule has 6 nitrogen and oxygen atoms in total. The Morgan fingerprint density at radius 2 is 2.08 bits per heavy atom. The number of aromatic amines is 1. The molecular formula is C19H18FN3O3. The molecule has 1 saturated heterocycles. The van der Waals surface area contributed by atoms with Gasteiger partial charge < -0.3 is 19.8 Å². The normalized spacial score (nSPS) is 17.3. The van der Waals surface area contributed by atoms with Crippen LogP contribution in [0.4, 0.5) is 10.1 Å². The second-order valence-electron chi connectivity index (χ2n) is 6.14. The number of carbonyl (C=O) groups is 1. The zero-order chi connectivity index (χ0) is 17.9. The molecule has 2 heterocycles. The largest absolute Gasteiger partial charge is 0.376 e. The first-order chi connectivity index (χ1) is 12.7. The van der Waals surface area contributed by atoms with E-state index >= 15 is 0 Å². The van der Waals surface area contributed by atoms with Crippen molar-refractivity contribution in [2.24, 2.45) is 0 Å². The molecule has 1 unspecified atom stereocenters. The summed E-state index contributed by atoms with van der Waals surface area (Å²) in [5.74, 6) is 0.292. The summed E-state index contributed by atoms with van der Waals surface area (Å²) in [6.07, 6.45) is -0.0144. The van der Waals surface area contributed by atoms with E-state index in [1.165, 1.54) is 12.1 Å². The molecule has 0 radical (unpaired) electrons. The fourth-order valence-electron chi connectivity index (χ4n) is 2.88. The molecule has 1 atom stereocenters. The number of nitrogens with one attached hydrogen (secondary N) is 2. The van der Waals surface area contributed by atoms with Crippen LogP contribution in [0, 0.1) is 5.82 Å². The van der Waals surface area contributed by atoms with Crippen LogP contribution in [0.2, 0.25) is 0 Å². The number of nitrogens with zero attached hydrogens (tertiary/aromatic N) is 1. The van der Waals surface area contributed by atoms with Gasteiger partial charge in [0.05, 0.1) is 30.9 Å². The molecule has 0 aliphatic carbocycles. The Labute approximate surface area is 149 Å². The van der Waals surface area contributed by atoms with E-state index in [1.54, 1.807) is 18.2 Å². The summed E-state index contributed by atoms with van der Waals surface area (Å²) in [4.78, 5) is 20.0. The number of aromatic nitrogens is 2. The maximum absolute atomic E-state index is 13.0. The van der Waals surface area contributed by atoms with Crippen LogP contribution in [-0.2, 0) is 20.7 Å². The Bertz CT molecular complexity index is 917. The topological polar surface area (TPSA) is 76.2 Å². The van der Waals surface area contributed by atoms with E-state index < -0.39 is 6.10 Å². The standard InChI is InChI=1S/C19H18FN3O3/c20-13-3-1-12(2-4-13)9-18-22-15-6-5-14(10-16(15)23-18)21-19(24)17-11-25-7-8-26-17/h1-6,10,17H,7-9,11H2,(H,21,24)(H,22,23). The second-order valence-corrected chi connectivity index (χ2v) is 6.14. The van der Waals surface area contributed by atoms with Gasteiger partial charge in [-0.3, -0.25) is 4.79 Å². The van der Waals surface area contributed by atoms with Gasteiger partial charge >= 0.3 is 0 Å². The zero-order valence-corrected chi connectivity index (χ0v) is 14.0. The van der Waals surface area contributed by atoms with Gasteiger partial charge in [0.25, 0.3) is 5.91 Å². The van der Waals surface area contributed by atoms with Gasteiger partial charge in [-0.2, -0.15) is 0 Å². The second kappa shape index (κ2) is 7.23. The number of rotatable bonds is 4. The van der Waals surface area contributed by atoms with E-state index in [9.17, 15) is 9.18 Å². The number of imidazole rings is 1. The van der Waals surface area contributed by atoms with Crippen molar-refractivity contribution in [3.63, 3.8) is 0 Å². The van der Waals surface area contributed by atoms with E-state index in [4.69, 9.17) is 9.47 Å². The summed E-state index contributed by atoms with van der Waals surface area (Å²) >= 11 is 0. The molecule has 26 heavy (non-hydrogen) atoms. The zero-order valence-electron chi connectivity index (χ0n) is 14.0. The lowest BCUT2D eigenvalue weighted by molar-refractivity contribution is -0.142. The number of H-pyrrole nitrogens is 1. The third kappa shape index (κ3) is 3.74. The van der Waals surface area contributed by atoms with Gasteiger partial charge in [-0.15, -0.1) is 0 Å². The Balaban J connectivity index is 1.48. The van der Waals surface area contributed by atoms with E-state index in [0.29, 0.717) is 25.3 Å². The van der Waals surface area contributed by atoms with Gasteiger partial charge in [0, 0.05) is 12.1 Å². The predicted octanol–water partition coefficient (Wildman–Crippen LogP) is 2.65. The van der Waals surface area contributed by atoms with Crippen molar-refractivity contribution in [1.29, 1.82) is 0 Å². The summed E-state index contributed by atoms with van der Waals surface area (Å²) in [5.41, 5.74) is 3.25. The summed E-state index contributed by atoms with van der Waals surface area (Å²) in [6, 6.07) is 11.8. The Morgan fingerprint density at radius 1 is 1.23 bits per heavy atom. The molecule has 1 aromatic heterocycles. The number of anilines is 1. The number of hydrogen-bond acceptors (Lipinski definition) is 4. The first-order valence-corrected chi connectivity index (χ1v) is 8.41. The third-order valence-corrected chi connectivity index (χ3v) is 4.19. The number of benzene rings is 2. The highest BCUT2D eigenvalue weighted by Gasteiger charge is 2.22. The van der Waals surface area contributed by atoms with E-state index in [-0.39, 0.29) is 18.3 Å². The van der Waals surface area contributed by atoms with Crippen LogP contribution < -0.4 is 5.32 Å². The van der Waals surface area contributed by atoms with Crippen molar-refractivity contribution in [3.8, 4) is 0 Å². The summed E-state index contributed by atoms with van der Waals surface area (Å²) in [6.45, 7) is 1.20. The first kappa shape index (κ1) is 16.7. The van der Waals surface area contributed by atoms with Gasteiger partial charge in [0.2, 0.25) is 0 Å². The number of carbonyl (C=O) groups excluding carboxylic acids is 1. The lowest BCUT2D eigenvalue weighted by atomic mass is 10.1.